The van der Waals surface area contributed by atoms with Crippen LogP contribution < -0.4 is 20.0 Å². The molecule has 2 N–H and O–H groups in total. The van der Waals surface area contributed by atoms with Gasteiger partial charge in [0, 0.05) is 50.7 Å². The Morgan fingerprint density at radius 3 is 2.38 bits per heavy atom. The summed E-state index contributed by atoms with van der Waals surface area (Å²) in [5, 5.41) is 18.4. The summed E-state index contributed by atoms with van der Waals surface area (Å²) in [6.07, 6.45) is 1.24. The van der Waals surface area contributed by atoms with E-state index >= 15 is 8.78 Å². The van der Waals surface area contributed by atoms with Crippen LogP contribution in [-0.4, -0.2) is 87.5 Å². The van der Waals surface area contributed by atoms with Crippen LogP contribution >= 0.6 is 0 Å². The number of Topliss-reactive ketones (excluding diaryl/α,β-unsaturated/α-hetero) is 1. The van der Waals surface area contributed by atoms with Gasteiger partial charge in [-0.05, 0) is 44.4 Å². The molecule has 276 valence electrons. The molecule has 4 heterocycles. The van der Waals surface area contributed by atoms with Gasteiger partial charge in [0.15, 0.2) is 23.2 Å². The van der Waals surface area contributed by atoms with Crippen molar-refractivity contribution in [2.45, 2.75) is 76.0 Å². The Kier molecular flexibility index (Phi) is 10.1. The van der Waals surface area contributed by atoms with Crippen molar-refractivity contribution in [2.24, 2.45) is 0 Å². The van der Waals surface area contributed by atoms with Gasteiger partial charge in [0.25, 0.3) is 0 Å². The molecule has 1 saturated carbocycles. The number of anilines is 2. The van der Waals surface area contributed by atoms with E-state index in [1.807, 2.05) is 0 Å². The van der Waals surface area contributed by atoms with E-state index in [1.165, 1.54) is 30.2 Å². The maximum Gasteiger partial charge on any atom is 0.414 e. The van der Waals surface area contributed by atoms with E-state index in [2.05, 4.69) is 4.98 Å². The SMILES string of the molecule is CC(=O)CC[C@H]1CN(c2ccc(OCC3(OC(=O)CCC(=O)O)CCN(c4nc5c(cc4F)c(=O)c(C(=O)O)cn5C4CC4)CC3)c(F)c2)C(=O)O1. The van der Waals surface area contributed by atoms with Crippen LogP contribution in [0.15, 0.2) is 35.3 Å². The molecule has 0 spiro atoms. The zero-order chi connectivity index (χ0) is 37.3. The topological polar surface area (TPSA) is 195 Å². The van der Waals surface area contributed by atoms with E-state index < -0.39 is 71.2 Å². The molecule has 1 aliphatic carbocycles. The fourth-order valence-electron chi connectivity index (χ4n) is 6.38. The monoisotopic (exact) mass is 726 g/mol. The largest absolute Gasteiger partial charge is 0.486 e. The third kappa shape index (κ3) is 7.82. The summed E-state index contributed by atoms with van der Waals surface area (Å²) < 4.78 is 49.4. The van der Waals surface area contributed by atoms with Crippen molar-refractivity contribution in [1.29, 1.82) is 0 Å². The third-order valence-corrected chi connectivity index (χ3v) is 9.37. The lowest BCUT2D eigenvalue weighted by Crippen LogP contribution is -2.51. The molecule has 1 atom stereocenters. The molecule has 0 bridgehead atoms. The number of aromatic carboxylic acids is 1. The molecule has 0 radical (unpaired) electrons. The number of pyridine rings is 2. The van der Waals surface area contributed by atoms with Gasteiger partial charge in [-0.15, -0.1) is 0 Å². The van der Waals surface area contributed by atoms with Crippen LogP contribution in [0.4, 0.5) is 25.1 Å². The molecule has 1 amide bonds. The molecule has 6 rings (SSSR count). The van der Waals surface area contributed by atoms with Gasteiger partial charge in [0.05, 0.1) is 30.5 Å². The summed E-state index contributed by atoms with van der Waals surface area (Å²) in [7, 11) is 0. The summed E-state index contributed by atoms with van der Waals surface area (Å²) >= 11 is 0. The Morgan fingerprint density at radius 2 is 1.75 bits per heavy atom. The molecule has 17 heteroatoms. The Balaban J connectivity index is 1.19. The van der Waals surface area contributed by atoms with Gasteiger partial charge in [-0.3, -0.25) is 19.3 Å². The summed E-state index contributed by atoms with van der Waals surface area (Å²) in [5.74, 6) is -5.49. The van der Waals surface area contributed by atoms with E-state index in [0.29, 0.717) is 6.42 Å². The number of carbonyl (C=O) groups excluding carboxylic acids is 3. The van der Waals surface area contributed by atoms with E-state index in [4.69, 9.17) is 19.3 Å². The van der Waals surface area contributed by atoms with Crippen molar-refractivity contribution in [3.05, 3.63) is 57.9 Å². The number of carboxylic acid groups (broad SMARTS) is 2. The number of hydrogen-bond donors (Lipinski definition) is 2. The Morgan fingerprint density at radius 1 is 1.02 bits per heavy atom. The number of carboxylic acids is 2. The predicted molar refractivity (Wildman–Crippen MR) is 178 cm³/mol. The smallest absolute Gasteiger partial charge is 0.414 e. The number of benzene rings is 1. The molecule has 15 nitrogen and oxygen atoms in total. The van der Waals surface area contributed by atoms with Gasteiger partial charge >= 0.3 is 24.0 Å². The molecule has 2 aromatic heterocycles. The predicted octanol–water partition coefficient (Wildman–Crippen LogP) is 4.23. The second-order valence-electron chi connectivity index (χ2n) is 13.3. The van der Waals surface area contributed by atoms with Crippen LogP contribution in [0.3, 0.4) is 0 Å². The van der Waals surface area contributed by atoms with Crippen molar-refractivity contribution in [3.63, 3.8) is 0 Å². The number of ether oxygens (including phenoxy) is 3. The first kappa shape index (κ1) is 36.2. The number of halogens is 2. The van der Waals surface area contributed by atoms with Gasteiger partial charge in [0.1, 0.15) is 35.3 Å². The molecule has 3 aliphatic rings. The number of aliphatic carboxylic acids is 1. The van der Waals surface area contributed by atoms with Crippen molar-refractivity contribution >= 4 is 52.3 Å². The number of fused-ring (bicyclic) bond motifs is 1. The van der Waals surface area contributed by atoms with Gasteiger partial charge in [-0.25, -0.2) is 23.4 Å². The van der Waals surface area contributed by atoms with E-state index in [-0.39, 0.29) is 85.6 Å². The van der Waals surface area contributed by atoms with Crippen molar-refractivity contribution in [1.82, 2.24) is 9.55 Å². The lowest BCUT2D eigenvalue weighted by atomic mass is 9.91. The minimum atomic E-state index is -1.43. The zero-order valence-corrected chi connectivity index (χ0v) is 28.1. The highest BCUT2D eigenvalue weighted by atomic mass is 19.1. The highest BCUT2D eigenvalue weighted by Gasteiger charge is 2.41. The number of esters is 1. The molecular formula is C35H36F2N4O11. The fourth-order valence-corrected chi connectivity index (χ4v) is 6.38. The molecule has 3 fully saturated rings. The molecule has 2 aliphatic heterocycles. The standard InChI is InChI=1S/C35H36F2N4O11/c1-19(42)2-6-22-16-41(34(49)51-22)21-5-7-27(25(36)14-21)50-18-35(52-29(45)9-8-28(43)44)10-12-39(13-11-35)32-26(37)15-23-30(46)24(33(47)48)17-40(20-3-4-20)31(23)38-32/h5,7,14-15,17,20,22H,2-4,6,8-13,16,18H2,1H3,(H,43,44)(H,47,48)/t22-/m0/s1. The molecule has 1 aromatic carbocycles. The number of amides is 1. The number of piperidine rings is 1. The highest BCUT2D eigenvalue weighted by Crippen LogP contribution is 2.38. The fraction of sp³-hybridized carbons (Fsp3) is 0.457. The number of hydrogen-bond acceptors (Lipinski definition) is 11. The third-order valence-electron chi connectivity index (χ3n) is 9.37. The van der Waals surface area contributed by atoms with Crippen LogP contribution in [0, 0.1) is 11.6 Å². The number of aromatic nitrogens is 2. The minimum absolute atomic E-state index is 0.0410. The summed E-state index contributed by atoms with van der Waals surface area (Å²) in [5.41, 5.74) is -2.36. The van der Waals surface area contributed by atoms with Crippen molar-refractivity contribution in [3.8, 4) is 5.75 Å². The number of rotatable bonds is 14. The first-order valence-electron chi connectivity index (χ1n) is 16.8. The minimum Gasteiger partial charge on any atom is -0.486 e. The zero-order valence-electron chi connectivity index (χ0n) is 28.1. The molecular weight excluding hydrogens is 690 g/mol. The van der Waals surface area contributed by atoms with Crippen LogP contribution in [0.25, 0.3) is 11.0 Å². The van der Waals surface area contributed by atoms with Crippen molar-refractivity contribution in [2.75, 3.05) is 36.0 Å². The second-order valence-corrected chi connectivity index (χ2v) is 13.3. The summed E-state index contributed by atoms with van der Waals surface area (Å²) in [6, 6.07) is 4.74. The molecule has 0 unspecified atom stereocenters. The number of ketones is 1. The van der Waals surface area contributed by atoms with Gasteiger partial charge in [0.2, 0.25) is 5.43 Å². The van der Waals surface area contributed by atoms with E-state index in [0.717, 1.165) is 25.0 Å². The highest BCUT2D eigenvalue weighted by molar-refractivity contribution is 5.92. The van der Waals surface area contributed by atoms with Crippen LogP contribution in [0.5, 0.6) is 5.75 Å². The lowest BCUT2D eigenvalue weighted by molar-refractivity contribution is -0.167. The van der Waals surface area contributed by atoms with Gasteiger partial charge in [-0.2, -0.15) is 0 Å². The normalized spacial score (nSPS) is 18.3. The molecule has 3 aromatic rings. The average Bonchev–Trinajstić information content (AvgIpc) is 3.87. The Bertz CT molecular complexity index is 2010. The maximum atomic E-state index is 15.6. The first-order valence-corrected chi connectivity index (χ1v) is 16.8. The number of nitrogens with zero attached hydrogens (tertiary/aromatic N) is 4. The Hall–Kier alpha value is -5.61. The number of carbonyl (C=O) groups is 5. The van der Waals surface area contributed by atoms with Crippen LogP contribution in [-0.2, 0) is 23.9 Å². The first-order chi connectivity index (χ1) is 24.7. The number of cyclic esters (lactones) is 1. The van der Waals surface area contributed by atoms with Gasteiger partial charge in [-0.1, -0.05) is 0 Å². The quantitative estimate of drug-likeness (QED) is 0.224. The van der Waals surface area contributed by atoms with Crippen molar-refractivity contribution < 1.29 is 57.2 Å². The Labute approximate surface area is 294 Å². The lowest BCUT2D eigenvalue weighted by Gasteiger charge is -2.41. The average molecular weight is 727 g/mol. The van der Waals surface area contributed by atoms with Crippen LogP contribution in [0.2, 0.25) is 0 Å². The van der Waals surface area contributed by atoms with E-state index in [1.54, 1.807) is 9.47 Å². The maximum absolute atomic E-state index is 15.6. The summed E-state index contributed by atoms with van der Waals surface area (Å²) in [4.78, 5) is 79.5. The molecule has 52 heavy (non-hydrogen) atoms. The second kappa shape index (κ2) is 14.6. The van der Waals surface area contributed by atoms with Crippen LogP contribution in [0.1, 0.15) is 74.7 Å². The summed E-state index contributed by atoms with van der Waals surface area (Å²) in [6.45, 7) is 1.35. The molecule has 2 saturated heterocycles. The van der Waals surface area contributed by atoms with E-state index in [9.17, 15) is 33.9 Å². The van der Waals surface area contributed by atoms with Gasteiger partial charge < -0.3 is 38.7 Å².